The highest BCUT2D eigenvalue weighted by molar-refractivity contribution is 6.42. The Morgan fingerprint density at radius 1 is 1.27 bits per heavy atom. The van der Waals surface area contributed by atoms with Crippen molar-refractivity contribution in [3.8, 4) is 6.07 Å². The van der Waals surface area contributed by atoms with Gasteiger partial charge in [-0.05, 0) is 11.6 Å². The van der Waals surface area contributed by atoms with Gasteiger partial charge in [-0.2, -0.15) is 18.4 Å². The number of halogens is 5. The van der Waals surface area contributed by atoms with Gasteiger partial charge in [0.15, 0.2) is 5.92 Å². The van der Waals surface area contributed by atoms with Gasteiger partial charge in [0, 0.05) is 0 Å². The highest BCUT2D eigenvalue weighted by Gasteiger charge is 2.42. The molecule has 1 nitrogen and oxygen atoms in total. The molecule has 0 aliphatic rings. The molecule has 0 aliphatic carbocycles. The first-order chi connectivity index (χ1) is 6.88. The monoisotopic (exact) mass is 253 g/mol. The molecule has 0 saturated carbocycles. The van der Waals surface area contributed by atoms with Gasteiger partial charge in [-0.1, -0.05) is 35.3 Å². The largest absolute Gasteiger partial charge is 0.408 e. The fourth-order valence-corrected chi connectivity index (χ4v) is 1.48. The molecule has 0 heterocycles. The van der Waals surface area contributed by atoms with Crippen molar-refractivity contribution < 1.29 is 13.2 Å². The highest BCUT2D eigenvalue weighted by atomic mass is 35.5. The number of hydrogen-bond donors (Lipinski definition) is 0. The zero-order valence-corrected chi connectivity index (χ0v) is 8.66. The molecule has 15 heavy (non-hydrogen) atoms. The summed E-state index contributed by atoms with van der Waals surface area (Å²) < 4.78 is 37.2. The van der Waals surface area contributed by atoms with Crippen LogP contribution in [0, 0.1) is 11.3 Å². The van der Waals surface area contributed by atoms with E-state index in [1.807, 2.05) is 0 Å². The second-order valence-corrected chi connectivity index (χ2v) is 3.53. The summed E-state index contributed by atoms with van der Waals surface area (Å²) in [5.74, 6) is -2.25. The van der Waals surface area contributed by atoms with Gasteiger partial charge in [-0.25, -0.2) is 0 Å². The lowest BCUT2D eigenvalue weighted by Gasteiger charge is -2.15. The maximum absolute atomic E-state index is 12.4. The van der Waals surface area contributed by atoms with E-state index in [-0.39, 0.29) is 15.6 Å². The lowest BCUT2D eigenvalue weighted by Crippen LogP contribution is -2.19. The molecule has 80 valence electrons. The van der Waals surface area contributed by atoms with Crippen LogP contribution in [-0.4, -0.2) is 6.18 Å². The van der Waals surface area contributed by atoms with Crippen molar-refractivity contribution in [3.63, 3.8) is 0 Å². The minimum absolute atomic E-state index is 0.00123. The van der Waals surface area contributed by atoms with E-state index in [2.05, 4.69) is 0 Å². The van der Waals surface area contributed by atoms with E-state index in [9.17, 15) is 13.2 Å². The van der Waals surface area contributed by atoms with Gasteiger partial charge in [-0.3, -0.25) is 0 Å². The van der Waals surface area contributed by atoms with Gasteiger partial charge in [0.25, 0.3) is 0 Å². The molecule has 0 fully saturated rings. The minimum Gasteiger partial charge on any atom is -0.197 e. The van der Waals surface area contributed by atoms with Crippen molar-refractivity contribution >= 4 is 23.2 Å². The number of nitriles is 1. The summed E-state index contributed by atoms with van der Waals surface area (Å²) in [5, 5.41) is 8.22. The molecule has 0 N–H and O–H groups in total. The molecule has 6 heteroatoms. The molecule has 0 aromatic heterocycles. The van der Waals surface area contributed by atoms with E-state index in [1.54, 1.807) is 0 Å². The maximum atomic E-state index is 12.4. The maximum Gasteiger partial charge on any atom is 0.408 e. The smallest absolute Gasteiger partial charge is 0.197 e. The molecule has 0 spiro atoms. The normalized spacial score (nSPS) is 13.3. The van der Waals surface area contributed by atoms with Crippen molar-refractivity contribution in [2.45, 2.75) is 12.1 Å². The molecule has 0 amide bonds. The summed E-state index contributed by atoms with van der Waals surface area (Å²) in [6.45, 7) is 0. The molecular weight excluding hydrogens is 250 g/mol. The Labute approximate surface area is 94.0 Å². The van der Waals surface area contributed by atoms with E-state index in [1.165, 1.54) is 12.1 Å². The molecule has 1 atom stereocenters. The van der Waals surface area contributed by atoms with E-state index in [0.717, 1.165) is 12.1 Å². The van der Waals surface area contributed by atoms with Crippen LogP contribution in [0.15, 0.2) is 18.2 Å². The third-order valence-corrected chi connectivity index (χ3v) is 2.58. The van der Waals surface area contributed by atoms with Crippen molar-refractivity contribution in [1.29, 1.82) is 5.26 Å². The van der Waals surface area contributed by atoms with Crippen LogP contribution in [0.2, 0.25) is 10.0 Å². The standard InChI is InChI=1S/C9H4Cl2F3N/c10-7-3-1-2-5(8(7)11)6(4-15)9(12,13)14/h1-3,6H. The summed E-state index contributed by atoms with van der Waals surface area (Å²) in [6.07, 6.45) is -4.65. The minimum atomic E-state index is -4.65. The summed E-state index contributed by atoms with van der Waals surface area (Å²) in [4.78, 5) is 0. The summed E-state index contributed by atoms with van der Waals surface area (Å²) in [5.41, 5.74) is -0.320. The molecular formula is C9H4Cl2F3N. The topological polar surface area (TPSA) is 23.8 Å². The number of alkyl halides is 3. The SMILES string of the molecule is N#CC(c1cccc(Cl)c1Cl)C(F)(F)F. The Morgan fingerprint density at radius 3 is 2.33 bits per heavy atom. The summed E-state index contributed by atoms with van der Waals surface area (Å²) >= 11 is 11.1. The molecule has 1 aromatic carbocycles. The molecule has 0 saturated heterocycles. The average Bonchev–Trinajstić information content (AvgIpc) is 2.11. The van der Waals surface area contributed by atoms with E-state index in [4.69, 9.17) is 28.5 Å². The van der Waals surface area contributed by atoms with Crippen LogP contribution in [0.1, 0.15) is 11.5 Å². The zero-order chi connectivity index (χ0) is 11.6. The zero-order valence-electron chi connectivity index (χ0n) is 7.15. The highest BCUT2D eigenvalue weighted by Crippen LogP contribution is 2.39. The van der Waals surface area contributed by atoms with Crippen LogP contribution >= 0.6 is 23.2 Å². The van der Waals surface area contributed by atoms with Gasteiger partial charge >= 0.3 is 6.18 Å². The molecule has 1 unspecified atom stereocenters. The van der Waals surface area contributed by atoms with Gasteiger partial charge < -0.3 is 0 Å². The quantitative estimate of drug-likeness (QED) is 0.737. The van der Waals surface area contributed by atoms with Crippen LogP contribution in [-0.2, 0) is 0 Å². The van der Waals surface area contributed by atoms with E-state index >= 15 is 0 Å². The van der Waals surface area contributed by atoms with Gasteiger partial charge in [0.05, 0.1) is 16.1 Å². The Bertz CT molecular complexity index is 409. The van der Waals surface area contributed by atoms with Crippen molar-refractivity contribution in [1.82, 2.24) is 0 Å². The van der Waals surface area contributed by atoms with Gasteiger partial charge in [0.1, 0.15) is 0 Å². The number of rotatable bonds is 1. The Morgan fingerprint density at radius 2 is 1.87 bits per heavy atom. The lowest BCUT2D eigenvalue weighted by atomic mass is 10.0. The number of hydrogen-bond acceptors (Lipinski definition) is 1. The van der Waals surface area contributed by atoms with Crippen LogP contribution in [0.25, 0.3) is 0 Å². The Kier molecular flexibility index (Phi) is 3.48. The van der Waals surface area contributed by atoms with Crippen LogP contribution in [0.4, 0.5) is 13.2 Å². The first kappa shape index (κ1) is 12.2. The summed E-state index contributed by atoms with van der Waals surface area (Å²) in [7, 11) is 0. The second kappa shape index (κ2) is 4.30. The van der Waals surface area contributed by atoms with Crippen LogP contribution in [0.3, 0.4) is 0 Å². The third-order valence-electron chi connectivity index (χ3n) is 1.75. The number of nitrogens with zero attached hydrogens (tertiary/aromatic N) is 1. The summed E-state index contributed by atoms with van der Waals surface area (Å²) in [6, 6.07) is 4.97. The van der Waals surface area contributed by atoms with E-state index in [0.29, 0.717) is 0 Å². The molecule has 0 radical (unpaired) electrons. The molecule has 1 aromatic rings. The first-order valence-corrected chi connectivity index (χ1v) is 4.53. The predicted octanol–water partition coefficient (Wildman–Crippen LogP) is 4.16. The van der Waals surface area contributed by atoms with Crippen LogP contribution < -0.4 is 0 Å². The second-order valence-electron chi connectivity index (χ2n) is 2.75. The predicted molar refractivity (Wildman–Crippen MR) is 50.9 cm³/mol. The Hall–Kier alpha value is -0.920. The van der Waals surface area contributed by atoms with Crippen LogP contribution in [0.5, 0.6) is 0 Å². The lowest BCUT2D eigenvalue weighted by molar-refractivity contribution is -0.137. The van der Waals surface area contributed by atoms with Gasteiger partial charge in [-0.15, -0.1) is 0 Å². The fourth-order valence-electron chi connectivity index (χ4n) is 1.06. The third kappa shape index (κ3) is 2.55. The van der Waals surface area contributed by atoms with Gasteiger partial charge in [0.2, 0.25) is 0 Å². The number of benzene rings is 1. The average molecular weight is 254 g/mol. The Balaban J connectivity index is 3.27. The van der Waals surface area contributed by atoms with Crippen molar-refractivity contribution in [2.75, 3.05) is 0 Å². The fraction of sp³-hybridized carbons (Fsp3) is 0.222. The molecule has 1 rings (SSSR count). The van der Waals surface area contributed by atoms with Crippen molar-refractivity contribution in [3.05, 3.63) is 33.8 Å². The van der Waals surface area contributed by atoms with E-state index < -0.39 is 12.1 Å². The first-order valence-electron chi connectivity index (χ1n) is 3.78. The molecule has 0 bridgehead atoms. The molecule has 0 aliphatic heterocycles. The van der Waals surface area contributed by atoms with Crippen molar-refractivity contribution in [2.24, 2.45) is 0 Å².